The van der Waals surface area contributed by atoms with Crippen LogP contribution < -0.4 is 4.74 Å². The van der Waals surface area contributed by atoms with Gasteiger partial charge in [-0.2, -0.15) is 5.26 Å². The van der Waals surface area contributed by atoms with E-state index in [4.69, 9.17) is 19.7 Å². The standard InChI is InChI=1S/C34H27F2N3O4/c35-29-14-22(18-37)6-8-25(29)20-43-26-4-1-3-23(16-26)28-10-7-21(13-30(28)36)15-33-38-31-11-9-24(34(40)41)17-32(31)39(33)19-27-5-2-12-42-27/h1,3-4,6-11,13-14,16-17,27H,2,5,12,15,19-20H2,(H,40,41)/t27-/m1/s1. The van der Waals surface area contributed by atoms with Crippen molar-refractivity contribution in [3.8, 4) is 22.9 Å². The lowest BCUT2D eigenvalue weighted by molar-refractivity contribution is 0.0697. The van der Waals surface area contributed by atoms with E-state index in [1.807, 2.05) is 16.7 Å². The zero-order valence-corrected chi connectivity index (χ0v) is 23.1. The molecule has 1 atom stereocenters. The molecular weight excluding hydrogens is 552 g/mol. The topological polar surface area (TPSA) is 97.4 Å². The number of ether oxygens (including phenoxy) is 2. The molecule has 0 aliphatic carbocycles. The van der Waals surface area contributed by atoms with E-state index in [1.54, 1.807) is 42.5 Å². The first kappa shape index (κ1) is 28.1. The van der Waals surface area contributed by atoms with Gasteiger partial charge in [-0.25, -0.2) is 18.6 Å². The van der Waals surface area contributed by atoms with Crippen LogP contribution in [0.4, 0.5) is 8.78 Å². The number of carboxylic acid groups (broad SMARTS) is 1. The molecule has 1 aliphatic heterocycles. The first-order valence-electron chi connectivity index (χ1n) is 13.9. The highest BCUT2D eigenvalue weighted by Crippen LogP contribution is 2.29. The van der Waals surface area contributed by atoms with Crippen LogP contribution in [0.3, 0.4) is 0 Å². The summed E-state index contributed by atoms with van der Waals surface area (Å²) in [6, 6.07) is 22.9. The molecule has 2 heterocycles. The average molecular weight is 580 g/mol. The van der Waals surface area contributed by atoms with E-state index in [2.05, 4.69) is 0 Å². The summed E-state index contributed by atoms with van der Waals surface area (Å²) in [5.74, 6) is -0.799. The van der Waals surface area contributed by atoms with Crippen LogP contribution in [0.5, 0.6) is 5.75 Å². The van der Waals surface area contributed by atoms with Gasteiger partial charge in [0.05, 0.1) is 40.9 Å². The predicted octanol–water partition coefficient (Wildman–Crippen LogP) is 6.90. The number of fused-ring (bicyclic) bond motifs is 1. The van der Waals surface area contributed by atoms with Crippen molar-refractivity contribution in [1.82, 2.24) is 9.55 Å². The zero-order chi connectivity index (χ0) is 29.9. The Morgan fingerprint density at radius 3 is 2.70 bits per heavy atom. The van der Waals surface area contributed by atoms with Crippen LogP contribution in [0.1, 0.15) is 45.7 Å². The van der Waals surface area contributed by atoms with E-state index in [-0.39, 0.29) is 23.8 Å². The maximum Gasteiger partial charge on any atom is 0.335 e. The molecule has 1 aromatic heterocycles. The molecule has 1 N–H and O–H groups in total. The monoisotopic (exact) mass is 579 g/mol. The molecular formula is C34H27F2N3O4. The summed E-state index contributed by atoms with van der Waals surface area (Å²) in [6.45, 7) is 1.19. The average Bonchev–Trinajstić information content (AvgIpc) is 3.64. The van der Waals surface area contributed by atoms with E-state index >= 15 is 4.39 Å². The minimum Gasteiger partial charge on any atom is -0.489 e. The molecule has 0 saturated carbocycles. The summed E-state index contributed by atoms with van der Waals surface area (Å²) in [7, 11) is 0. The summed E-state index contributed by atoms with van der Waals surface area (Å²) >= 11 is 0. The van der Waals surface area contributed by atoms with Crippen molar-refractivity contribution in [3.63, 3.8) is 0 Å². The number of hydrogen-bond acceptors (Lipinski definition) is 5. The van der Waals surface area contributed by atoms with Crippen LogP contribution in [-0.4, -0.2) is 33.3 Å². The fraction of sp³-hybridized carbons (Fsp3) is 0.206. The Balaban J connectivity index is 1.23. The zero-order valence-electron chi connectivity index (χ0n) is 23.1. The summed E-state index contributed by atoms with van der Waals surface area (Å²) in [4.78, 5) is 16.4. The number of nitrogens with zero attached hydrogens (tertiary/aromatic N) is 3. The second-order valence-corrected chi connectivity index (χ2v) is 10.5. The third kappa shape index (κ3) is 6.10. The largest absolute Gasteiger partial charge is 0.489 e. The number of rotatable bonds is 9. The van der Waals surface area contributed by atoms with Crippen LogP contribution in [0.15, 0.2) is 78.9 Å². The molecule has 216 valence electrons. The molecule has 7 nitrogen and oxygen atoms in total. The molecule has 4 aromatic carbocycles. The van der Waals surface area contributed by atoms with Crippen molar-refractivity contribution in [2.45, 2.75) is 38.5 Å². The summed E-state index contributed by atoms with van der Waals surface area (Å²) < 4.78 is 43.3. The van der Waals surface area contributed by atoms with Crippen molar-refractivity contribution in [2.75, 3.05) is 6.61 Å². The number of carboxylic acids is 1. The fourth-order valence-electron chi connectivity index (χ4n) is 5.37. The van der Waals surface area contributed by atoms with E-state index in [9.17, 15) is 14.3 Å². The normalized spacial score (nSPS) is 14.6. The molecule has 1 aliphatic rings. The Kier molecular flexibility index (Phi) is 7.86. The quantitative estimate of drug-likeness (QED) is 0.204. The van der Waals surface area contributed by atoms with Crippen molar-refractivity contribution in [2.24, 2.45) is 0 Å². The van der Waals surface area contributed by atoms with Gasteiger partial charge in [0.2, 0.25) is 0 Å². The summed E-state index contributed by atoms with van der Waals surface area (Å²) in [6.07, 6.45) is 2.23. The highest BCUT2D eigenvalue weighted by Gasteiger charge is 2.21. The van der Waals surface area contributed by atoms with Gasteiger partial charge in [-0.05, 0) is 72.5 Å². The lowest BCUT2D eigenvalue weighted by Crippen LogP contribution is -2.17. The molecule has 0 unspecified atom stereocenters. The van der Waals surface area contributed by atoms with Crippen LogP contribution in [0, 0.1) is 23.0 Å². The maximum absolute atomic E-state index is 15.5. The number of imidazole rings is 1. The summed E-state index contributed by atoms with van der Waals surface area (Å²) in [5, 5.41) is 18.4. The van der Waals surface area contributed by atoms with E-state index in [0.29, 0.717) is 64.4 Å². The molecule has 0 amide bonds. The van der Waals surface area contributed by atoms with Gasteiger partial charge < -0.3 is 19.1 Å². The number of nitriles is 1. The van der Waals surface area contributed by atoms with Crippen molar-refractivity contribution in [3.05, 3.63) is 119 Å². The van der Waals surface area contributed by atoms with Gasteiger partial charge in [0.1, 0.15) is 29.8 Å². The second kappa shape index (κ2) is 12.0. The Bertz CT molecular complexity index is 1870. The number of carbonyl (C=O) groups is 1. The van der Waals surface area contributed by atoms with Crippen molar-refractivity contribution >= 4 is 17.0 Å². The van der Waals surface area contributed by atoms with Gasteiger partial charge in [-0.1, -0.05) is 30.3 Å². The van der Waals surface area contributed by atoms with Gasteiger partial charge in [-0.15, -0.1) is 0 Å². The highest BCUT2D eigenvalue weighted by molar-refractivity contribution is 5.92. The van der Waals surface area contributed by atoms with Crippen LogP contribution in [0.25, 0.3) is 22.2 Å². The Morgan fingerprint density at radius 2 is 1.95 bits per heavy atom. The molecule has 5 aromatic rings. The van der Waals surface area contributed by atoms with Crippen molar-refractivity contribution < 1.29 is 28.2 Å². The minimum absolute atomic E-state index is 0.00615. The lowest BCUT2D eigenvalue weighted by Gasteiger charge is -2.15. The second-order valence-electron chi connectivity index (χ2n) is 10.5. The van der Waals surface area contributed by atoms with Gasteiger partial charge in [0.25, 0.3) is 0 Å². The van der Waals surface area contributed by atoms with Gasteiger partial charge in [-0.3, -0.25) is 0 Å². The first-order valence-corrected chi connectivity index (χ1v) is 13.9. The van der Waals surface area contributed by atoms with E-state index in [1.165, 1.54) is 24.3 Å². The predicted molar refractivity (Wildman–Crippen MR) is 156 cm³/mol. The third-order valence-electron chi connectivity index (χ3n) is 7.60. The number of aromatic carboxylic acids is 1. The molecule has 43 heavy (non-hydrogen) atoms. The Hall–Kier alpha value is -5.07. The number of halogens is 2. The number of aromatic nitrogens is 2. The number of benzene rings is 4. The molecule has 0 radical (unpaired) electrons. The molecule has 0 bridgehead atoms. The third-order valence-corrected chi connectivity index (χ3v) is 7.60. The van der Waals surface area contributed by atoms with E-state index < -0.39 is 17.6 Å². The number of hydrogen-bond donors (Lipinski definition) is 1. The fourth-order valence-corrected chi connectivity index (χ4v) is 5.37. The maximum atomic E-state index is 15.5. The smallest absolute Gasteiger partial charge is 0.335 e. The highest BCUT2D eigenvalue weighted by atomic mass is 19.1. The van der Waals surface area contributed by atoms with Crippen LogP contribution in [-0.2, 0) is 24.3 Å². The van der Waals surface area contributed by atoms with E-state index in [0.717, 1.165) is 18.9 Å². The Labute approximate surface area is 246 Å². The molecule has 1 saturated heterocycles. The van der Waals surface area contributed by atoms with Crippen LogP contribution >= 0.6 is 0 Å². The first-order chi connectivity index (χ1) is 20.9. The van der Waals surface area contributed by atoms with Gasteiger partial charge >= 0.3 is 5.97 Å². The minimum atomic E-state index is -1.01. The van der Waals surface area contributed by atoms with Crippen molar-refractivity contribution in [1.29, 1.82) is 5.26 Å². The lowest BCUT2D eigenvalue weighted by atomic mass is 10.0. The molecule has 0 spiro atoms. The SMILES string of the molecule is N#Cc1ccc(COc2cccc(-c3ccc(Cc4nc5ccc(C(=O)O)cc5n4C[C@H]4CCCO4)cc3F)c2)c(F)c1. The molecule has 1 fully saturated rings. The Morgan fingerprint density at radius 1 is 1.07 bits per heavy atom. The van der Waals surface area contributed by atoms with Crippen LogP contribution in [0.2, 0.25) is 0 Å². The molecule has 9 heteroatoms. The molecule has 6 rings (SSSR count). The summed E-state index contributed by atoms with van der Waals surface area (Å²) in [5.41, 5.74) is 3.81. The van der Waals surface area contributed by atoms with Gasteiger partial charge in [0.15, 0.2) is 0 Å². The van der Waals surface area contributed by atoms with Gasteiger partial charge in [0, 0.05) is 24.2 Å².